The van der Waals surface area contributed by atoms with E-state index < -0.39 is 97.5 Å². The molecular weight excluding hydrogens is 1270 g/mol. The number of phosphoric acid groups is 2. The molecule has 3 unspecified atom stereocenters. The summed E-state index contributed by atoms with van der Waals surface area (Å²) in [6.07, 6.45) is 52.6. The van der Waals surface area contributed by atoms with Gasteiger partial charge in [0.25, 0.3) is 0 Å². The van der Waals surface area contributed by atoms with E-state index in [0.717, 1.165) is 114 Å². The molecule has 0 saturated carbocycles. The van der Waals surface area contributed by atoms with Crippen molar-refractivity contribution < 1.29 is 80.2 Å². The standard InChI is InChI=1S/C78H152O17P2/c1-9-71(8)57-49-41-33-25-17-12-10-11-13-19-27-36-44-52-60-77(82)94-73(64-88-75(80)58-50-42-34-26-18-15-14-16-22-30-38-46-54-68(2)3)66-92-96(84,85)90-62-72(79)63-91-97(86,87)93-67-74(95-78(83)61-53-45-37-29-21-24-32-40-48-56-70(6)7)65-89-76(81)59-51-43-35-28-20-23-31-39-47-55-69(4)5/h68-74,79H,9-67H2,1-8H3,(H,84,85)(H,86,87)/t71?,72-,73-,74-/m1/s1. The quantitative estimate of drug-likeness (QED) is 0.0222. The number of hydrogen-bond acceptors (Lipinski definition) is 15. The molecule has 576 valence electrons. The average molecular weight is 1420 g/mol. The van der Waals surface area contributed by atoms with Crippen LogP contribution in [0.4, 0.5) is 0 Å². The van der Waals surface area contributed by atoms with Crippen LogP contribution in [-0.4, -0.2) is 96.7 Å². The fourth-order valence-electron chi connectivity index (χ4n) is 11.9. The van der Waals surface area contributed by atoms with Gasteiger partial charge in [-0.1, -0.05) is 344 Å². The summed E-state index contributed by atoms with van der Waals surface area (Å²) >= 11 is 0. The second-order valence-corrected chi connectivity index (χ2v) is 32.7. The number of rotatable bonds is 75. The molecule has 0 radical (unpaired) electrons. The summed E-state index contributed by atoms with van der Waals surface area (Å²) in [4.78, 5) is 72.9. The fourth-order valence-corrected chi connectivity index (χ4v) is 13.5. The largest absolute Gasteiger partial charge is 0.472 e. The Bertz CT molecular complexity index is 1900. The lowest BCUT2D eigenvalue weighted by Gasteiger charge is -2.21. The van der Waals surface area contributed by atoms with Gasteiger partial charge in [0, 0.05) is 25.7 Å². The Morgan fingerprint density at radius 2 is 0.495 bits per heavy atom. The Morgan fingerprint density at radius 3 is 0.732 bits per heavy atom. The van der Waals surface area contributed by atoms with E-state index in [-0.39, 0.29) is 25.7 Å². The summed E-state index contributed by atoms with van der Waals surface area (Å²) in [6.45, 7) is 14.2. The molecule has 3 N–H and O–H groups in total. The smallest absolute Gasteiger partial charge is 0.462 e. The number of esters is 4. The molecule has 0 heterocycles. The van der Waals surface area contributed by atoms with Gasteiger partial charge < -0.3 is 33.8 Å². The van der Waals surface area contributed by atoms with Crippen molar-refractivity contribution in [1.82, 2.24) is 0 Å². The molecule has 0 spiro atoms. The van der Waals surface area contributed by atoms with Crippen LogP contribution >= 0.6 is 15.6 Å². The van der Waals surface area contributed by atoms with Gasteiger partial charge in [0.15, 0.2) is 12.2 Å². The van der Waals surface area contributed by atoms with E-state index in [0.29, 0.717) is 25.7 Å². The van der Waals surface area contributed by atoms with Gasteiger partial charge in [-0.3, -0.25) is 37.3 Å². The number of ether oxygens (including phenoxy) is 4. The lowest BCUT2D eigenvalue weighted by molar-refractivity contribution is -0.161. The number of aliphatic hydroxyl groups is 1. The van der Waals surface area contributed by atoms with Crippen LogP contribution in [0.5, 0.6) is 0 Å². The molecule has 0 bridgehead atoms. The van der Waals surface area contributed by atoms with Gasteiger partial charge >= 0.3 is 39.5 Å². The molecule has 0 aliphatic heterocycles. The zero-order valence-corrected chi connectivity index (χ0v) is 65.5. The van der Waals surface area contributed by atoms with Crippen molar-refractivity contribution >= 4 is 39.5 Å². The summed E-state index contributed by atoms with van der Waals surface area (Å²) in [5, 5.41) is 10.6. The molecule has 17 nitrogen and oxygen atoms in total. The summed E-state index contributed by atoms with van der Waals surface area (Å²) in [6, 6.07) is 0. The summed E-state index contributed by atoms with van der Waals surface area (Å²) in [7, 11) is -9.92. The SMILES string of the molecule is CCC(C)CCCCCCCCCCCCCCCCC(=O)O[C@H](COC(=O)CCCCCCCCCCCCCCC(C)C)COP(=O)(O)OC[C@@H](O)COP(=O)(O)OC[C@@H](COC(=O)CCCCCCCCCCCC(C)C)OC(=O)CCCCCCCCCCCC(C)C. The minimum atomic E-state index is -4.96. The highest BCUT2D eigenvalue weighted by Gasteiger charge is 2.30. The highest BCUT2D eigenvalue weighted by Crippen LogP contribution is 2.45. The van der Waals surface area contributed by atoms with Crippen molar-refractivity contribution in [1.29, 1.82) is 0 Å². The Labute approximate surface area is 594 Å². The Kier molecular flexibility index (Phi) is 65.9. The second-order valence-electron chi connectivity index (χ2n) is 29.8. The van der Waals surface area contributed by atoms with Crippen LogP contribution in [-0.2, 0) is 65.4 Å². The van der Waals surface area contributed by atoms with Crippen LogP contribution in [0.1, 0.15) is 396 Å². The Hall–Kier alpha value is -1.94. The predicted molar refractivity (Wildman–Crippen MR) is 395 cm³/mol. The van der Waals surface area contributed by atoms with Crippen LogP contribution < -0.4 is 0 Å². The average Bonchev–Trinajstić information content (AvgIpc) is 1.28. The van der Waals surface area contributed by atoms with Gasteiger partial charge in [0.05, 0.1) is 26.4 Å². The lowest BCUT2D eigenvalue weighted by Crippen LogP contribution is -2.30. The number of phosphoric ester groups is 2. The molecule has 0 aromatic rings. The molecule has 0 saturated heterocycles. The number of hydrogen-bond donors (Lipinski definition) is 3. The zero-order chi connectivity index (χ0) is 71.7. The van der Waals surface area contributed by atoms with Crippen LogP contribution in [0.25, 0.3) is 0 Å². The zero-order valence-electron chi connectivity index (χ0n) is 63.7. The number of carbonyl (C=O) groups is 4. The molecule has 0 aliphatic carbocycles. The van der Waals surface area contributed by atoms with Crippen molar-refractivity contribution in [2.24, 2.45) is 23.7 Å². The number of carbonyl (C=O) groups excluding carboxylic acids is 4. The van der Waals surface area contributed by atoms with E-state index in [1.54, 1.807) is 0 Å². The van der Waals surface area contributed by atoms with Crippen LogP contribution in [0.3, 0.4) is 0 Å². The van der Waals surface area contributed by atoms with E-state index in [2.05, 4.69) is 55.4 Å². The first kappa shape index (κ1) is 95.1. The van der Waals surface area contributed by atoms with E-state index in [1.807, 2.05) is 0 Å². The minimum Gasteiger partial charge on any atom is -0.462 e. The van der Waals surface area contributed by atoms with Gasteiger partial charge in [-0.2, -0.15) is 0 Å². The van der Waals surface area contributed by atoms with Gasteiger partial charge in [-0.25, -0.2) is 9.13 Å². The van der Waals surface area contributed by atoms with E-state index >= 15 is 0 Å². The highest BCUT2D eigenvalue weighted by atomic mass is 31.2. The minimum absolute atomic E-state index is 0.105. The van der Waals surface area contributed by atoms with E-state index in [9.17, 15) is 43.2 Å². The first-order valence-electron chi connectivity index (χ1n) is 40.2. The van der Waals surface area contributed by atoms with Crippen molar-refractivity contribution in [3.05, 3.63) is 0 Å². The molecule has 97 heavy (non-hydrogen) atoms. The predicted octanol–water partition coefficient (Wildman–Crippen LogP) is 22.8. The number of unbranched alkanes of at least 4 members (excludes halogenated alkanes) is 40. The molecule has 0 fully saturated rings. The molecule has 0 rings (SSSR count). The first-order valence-corrected chi connectivity index (χ1v) is 43.2. The van der Waals surface area contributed by atoms with Crippen LogP contribution in [0, 0.1) is 23.7 Å². The third-order valence-corrected chi connectivity index (χ3v) is 20.3. The third-order valence-electron chi connectivity index (χ3n) is 18.4. The molecule has 6 atom stereocenters. The molecule has 0 aromatic heterocycles. The highest BCUT2D eigenvalue weighted by molar-refractivity contribution is 7.47. The van der Waals surface area contributed by atoms with Gasteiger partial charge in [-0.05, 0) is 49.4 Å². The van der Waals surface area contributed by atoms with Crippen molar-refractivity contribution in [2.75, 3.05) is 39.6 Å². The first-order chi connectivity index (χ1) is 46.6. The van der Waals surface area contributed by atoms with Crippen molar-refractivity contribution in [3.63, 3.8) is 0 Å². The second kappa shape index (κ2) is 67.2. The van der Waals surface area contributed by atoms with Crippen LogP contribution in [0.15, 0.2) is 0 Å². The van der Waals surface area contributed by atoms with Crippen molar-refractivity contribution in [3.8, 4) is 0 Å². The maximum Gasteiger partial charge on any atom is 0.472 e. The summed E-state index contributed by atoms with van der Waals surface area (Å²) in [5.41, 5.74) is 0. The summed E-state index contributed by atoms with van der Waals surface area (Å²) < 4.78 is 68.6. The Morgan fingerprint density at radius 1 is 0.289 bits per heavy atom. The fraction of sp³-hybridized carbons (Fsp3) is 0.949. The van der Waals surface area contributed by atoms with Gasteiger partial charge in [-0.15, -0.1) is 0 Å². The van der Waals surface area contributed by atoms with Gasteiger partial charge in [0.2, 0.25) is 0 Å². The lowest BCUT2D eigenvalue weighted by atomic mass is 9.99. The Balaban J connectivity index is 5.26. The van der Waals surface area contributed by atoms with Gasteiger partial charge in [0.1, 0.15) is 19.3 Å². The molecule has 0 aromatic carbocycles. The van der Waals surface area contributed by atoms with E-state index in [4.69, 9.17) is 37.0 Å². The number of aliphatic hydroxyl groups excluding tert-OH is 1. The molecule has 0 aliphatic rings. The van der Waals surface area contributed by atoms with Crippen LogP contribution in [0.2, 0.25) is 0 Å². The molecular formula is C78H152O17P2. The molecule has 19 heteroatoms. The molecule has 0 amide bonds. The maximum atomic E-state index is 13.1. The summed E-state index contributed by atoms with van der Waals surface area (Å²) in [5.74, 6) is 0.990. The normalized spacial score (nSPS) is 14.4. The topological polar surface area (TPSA) is 237 Å². The third kappa shape index (κ3) is 70.9. The maximum absolute atomic E-state index is 13.1. The van der Waals surface area contributed by atoms with E-state index in [1.165, 1.54) is 199 Å². The monoisotopic (exact) mass is 1420 g/mol. The van der Waals surface area contributed by atoms with Crippen molar-refractivity contribution in [2.45, 2.75) is 414 Å².